The third-order valence-corrected chi connectivity index (χ3v) is 6.69. The topological polar surface area (TPSA) is 82.7 Å². The summed E-state index contributed by atoms with van der Waals surface area (Å²) in [7, 11) is 0. The van der Waals surface area contributed by atoms with Gasteiger partial charge in [-0.2, -0.15) is 0 Å². The lowest BCUT2D eigenvalue weighted by Gasteiger charge is -2.08. The molecule has 5 rings (SSSR count). The molecular weight excluding hydrogens is 478 g/mol. The minimum atomic E-state index is -0.475. The molecule has 0 fully saturated rings. The highest BCUT2D eigenvalue weighted by Crippen LogP contribution is 2.31. The summed E-state index contributed by atoms with van der Waals surface area (Å²) in [5.41, 5.74) is 6.05. The van der Waals surface area contributed by atoms with Crippen LogP contribution in [0, 0.1) is 0 Å². The molecule has 7 heteroatoms. The third-order valence-electron chi connectivity index (χ3n) is 6.69. The summed E-state index contributed by atoms with van der Waals surface area (Å²) in [5.74, 6) is -0.582. The SMILES string of the molecule is CCn1c2ccc(C(=O)c3ccc(-n4cccc4C(C)=O)cc3)cc2c2cc(C(C)=NOC(C)=O)ccc21. The molecule has 38 heavy (non-hydrogen) atoms. The molecule has 0 atom stereocenters. The molecule has 0 N–H and O–H groups in total. The van der Waals surface area contributed by atoms with E-state index in [4.69, 9.17) is 4.84 Å². The fourth-order valence-corrected chi connectivity index (χ4v) is 4.83. The van der Waals surface area contributed by atoms with Crippen LogP contribution >= 0.6 is 0 Å². The van der Waals surface area contributed by atoms with Crippen molar-refractivity contribution in [1.82, 2.24) is 9.13 Å². The van der Waals surface area contributed by atoms with Crippen molar-refractivity contribution < 1.29 is 19.2 Å². The van der Waals surface area contributed by atoms with Gasteiger partial charge in [0.1, 0.15) is 0 Å². The lowest BCUT2D eigenvalue weighted by atomic mass is 10.00. The quantitative estimate of drug-likeness (QED) is 0.112. The molecule has 0 aliphatic carbocycles. The average molecular weight is 506 g/mol. The number of aryl methyl sites for hydroxylation is 1. The van der Waals surface area contributed by atoms with E-state index in [1.54, 1.807) is 25.1 Å². The second-order valence-electron chi connectivity index (χ2n) is 9.16. The molecule has 2 aromatic heterocycles. The summed E-state index contributed by atoms with van der Waals surface area (Å²) in [4.78, 5) is 41.3. The van der Waals surface area contributed by atoms with Crippen molar-refractivity contribution in [2.45, 2.75) is 34.2 Å². The first-order valence-electron chi connectivity index (χ1n) is 12.4. The van der Waals surface area contributed by atoms with E-state index in [0.717, 1.165) is 39.6 Å². The summed E-state index contributed by atoms with van der Waals surface area (Å²) >= 11 is 0. The van der Waals surface area contributed by atoms with Crippen molar-refractivity contribution in [3.05, 3.63) is 101 Å². The van der Waals surface area contributed by atoms with Crippen molar-refractivity contribution in [3.63, 3.8) is 0 Å². The van der Waals surface area contributed by atoms with Gasteiger partial charge < -0.3 is 14.0 Å². The Morgan fingerprint density at radius 3 is 2.00 bits per heavy atom. The Balaban J connectivity index is 1.54. The highest BCUT2D eigenvalue weighted by molar-refractivity contribution is 6.16. The third kappa shape index (κ3) is 4.43. The molecule has 190 valence electrons. The second kappa shape index (κ2) is 9.94. The van der Waals surface area contributed by atoms with Crippen LogP contribution in [0.1, 0.15) is 59.7 Å². The highest BCUT2D eigenvalue weighted by Gasteiger charge is 2.16. The fourth-order valence-electron chi connectivity index (χ4n) is 4.83. The van der Waals surface area contributed by atoms with E-state index in [2.05, 4.69) is 16.6 Å². The smallest absolute Gasteiger partial charge is 0.331 e. The summed E-state index contributed by atoms with van der Waals surface area (Å²) in [6, 6.07) is 22.6. The number of carbonyl (C=O) groups is 3. The standard InChI is InChI=1S/C31H27N3O4/c1-5-33-29-14-10-23(19(2)32-38-21(4)36)17-26(29)27-18-24(11-15-30(27)33)31(37)22-8-12-25(13-9-22)34-16-6-7-28(34)20(3)35/h6-18H,5H2,1-4H3. The summed E-state index contributed by atoms with van der Waals surface area (Å²) < 4.78 is 4.02. The molecule has 7 nitrogen and oxygen atoms in total. The Kier molecular flexibility index (Phi) is 6.51. The molecule has 0 bridgehead atoms. The number of oxime groups is 1. The maximum atomic E-state index is 13.5. The summed E-state index contributed by atoms with van der Waals surface area (Å²) in [6.45, 7) is 7.49. The predicted octanol–water partition coefficient (Wildman–Crippen LogP) is 6.33. The van der Waals surface area contributed by atoms with Crippen LogP contribution in [0.5, 0.6) is 0 Å². The molecular formula is C31H27N3O4. The van der Waals surface area contributed by atoms with Crippen molar-refractivity contribution in [2.24, 2.45) is 5.16 Å². The predicted molar refractivity (Wildman–Crippen MR) is 148 cm³/mol. The van der Waals surface area contributed by atoms with Gasteiger partial charge in [0, 0.05) is 65.2 Å². The molecule has 0 spiro atoms. The number of carbonyl (C=O) groups excluding carboxylic acids is 3. The first-order chi connectivity index (χ1) is 18.3. The van der Waals surface area contributed by atoms with Crippen molar-refractivity contribution in [2.75, 3.05) is 0 Å². The Bertz CT molecular complexity index is 1750. The van der Waals surface area contributed by atoms with Crippen molar-refractivity contribution >= 4 is 45.1 Å². The van der Waals surface area contributed by atoms with Gasteiger partial charge in [-0.1, -0.05) is 11.2 Å². The number of benzene rings is 3. The average Bonchev–Trinajstić information content (AvgIpc) is 3.54. The van der Waals surface area contributed by atoms with E-state index in [1.807, 2.05) is 65.4 Å². The van der Waals surface area contributed by atoms with Gasteiger partial charge in [0.25, 0.3) is 0 Å². The van der Waals surface area contributed by atoms with Crippen LogP contribution in [0.3, 0.4) is 0 Å². The van der Waals surface area contributed by atoms with Crippen LogP contribution in [-0.4, -0.2) is 32.4 Å². The van der Waals surface area contributed by atoms with Crippen LogP contribution in [0.2, 0.25) is 0 Å². The van der Waals surface area contributed by atoms with Gasteiger partial charge in [-0.25, -0.2) is 4.79 Å². The zero-order valence-corrected chi connectivity index (χ0v) is 21.7. The number of Topliss-reactive ketones (excluding diaryl/α,β-unsaturated/α-hetero) is 1. The van der Waals surface area contributed by atoms with Gasteiger partial charge in [0.2, 0.25) is 0 Å². The van der Waals surface area contributed by atoms with Crippen LogP contribution in [-0.2, 0) is 16.2 Å². The van der Waals surface area contributed by atoms with E-state index in [-0.39, 0.29) is 11.6 Å². The largest absolute Gasteiger partial charge is 0.341 e. The van der Waals surface area contributed by atoms with Gasteiger partial charge in [-0.3, -0.25) is 9.59 Å². The molecule has 5 aromatic rings. The minimum absolute atomic E-state index is 0.0225. The van der Waals surface area contributed by atoms with E-state index >= 15 is 0 Å². The lowest BCUT2D eigenvalue weighted by Crippen LogP contribution is -2.05. The number of aromatic nitrogens is 2. The van der Waals surface area contributed by atoms with Crippen molar-refractivity contribution in [3.8, 4) is 5.69 Å². The van der Waals surface area contributed by atoms with Crippen LogP contribution < -0.4 is 0 Å². The number of nitrogens with zero attached hydrogens (tertiary/aromatic N) is 3. The Hall–Kier alpha value is -4.78. The van der Waals surface area contributed by atoms with E-state index in [1.165, 1.54) is 13.8 Å². The number of hydrogen-bond donors (Lipinski definition) is 0. The molecule has 0 saturated heterocycles. The van der Waals surface area contributed by atoms with Crippen LogP contribution in [0.25, 0.3) is 27.5 Å². The molecule has 0 unspecified atom stereocenters. The van der Waals surface area contributed by atoms with E-state index in [0.29, 0.717) is 22.5 Å². The number of hydrogen-bond acceptors (Lipinski definition) is 5. The number of fused-ring (bicyclic) bond motifs is 3. The van der Waals surface area contributed by atoms with E-state index in [9.17, 15) is 14.4 Å². The molecule has 0 amide bonds. The van der Waals surface area contributed by atoms with Gasteiger partial charge in [-0.05, 0) is 86.1 Å². The molecule has 2 heterocycles. The van der Waals surface area contributed by atoms with Crippen LogP contribution in [0.4, 0.5) is 0 Å². The summed E-state index contributed by atoms with van der Waals surface area (Å²) in [5, 5.41) is 5.87. The maximum absolute atomic E-state index is 13.5. The normalized spacial score (nSPS) is 11.7. The molecule has 0 aliphatic rings. The second-order valence-corrected chi connectivity index (χ2v) is 9.16. The monoisotopic (exact) mass is 505 g/mol. The molecule has 0 aliphatic heterocycles. The molecule has 0 radical (unpaired) electrons. The van der Waals surface area contributed by atoms with Crippen molar-refractivity contribution in [1.29, 1.82) is 0 Å². The summed E-state index contributed by atoms with van der Waals surface area (Å²) in [6.07, 6.45) is 1.83. The van der Waals surface area contributed by atoms with Gasteiger partial charge >= 0.3 is 5.97 Å². The maximum Gasteiger partial charge on any atom is 0.331 e. The fraction of sp³-hybridized carbons (Fsp3) is 0.161. The zero-order valence-electron chi connectivity index (χ0n) is 21.7. The minimum Gasteiger partial charge on any atom is -0.341 e. The zero-order chi connectivity index (χ0) is 27.0. The Morgan fingerprint density at radius 1 is 0.789 bits per heavy atom. The molecule has 0 saturated carbocycles. The Morgan fingerprint density at radius 2 is 1.39 bits per heavy atom. The van der Waals surface area contributed by atoms with Gasteiger partial charge in [-0.15, -0.1) is 0 Å². The van der Waals surface area contributed by atoms with E-state index < -0.39 is 5.97 Å². The lowest BCUT2D eigenvalue weighted by molar-refractivity contribution is -0.140. The number of ketones is 2. The molecule has 3 aromatic carbocycles. The highest BCUT2D eigenvalue weighted by atomic mass is 16.7. The van der Waals surface area contributed by atoms with Gasteiger partial charge in [0.05, 0.1) is 11.4 Å². The van der Waals surface area contributed by atoms with Gasteiger partial charge in [0.15, 0.2) is 11.6 Å². The number of rotatable bonds is 7. The first kappa shape index (κ1) is 24.9. The van der Waals surface area contributed by atoms with Crippen LogP contribution in [0.15, 0.2) is 84.1 Å². The Labute approximate surface area is 219 Å². The first-order valence-corrected chi connectivity index (χ1v) is 12.4.